The second kappa shape index (κ2) is 6.15. The minimum absolute atomic E-state index is 0.0151. The van der Waals surface area contributed by atoms with Gasteiger partial charge in [-0.05, 0) is 42.3 Å². The Morgan fingerprint density at radius 2 is 1.86 bits per heavy atom. The van der Waals surface area contributed by atoms with Crippen LogP contribution in [0.25, 0.3) is 0 Å². The van der Waals surface area contributed by atoms with Crippen LogP contribution in [0, 0.1) is 0 Å². The molecule has 0 aromatic heterocycles. The average molecular weight is 306 g/mol. The molecule has 2 aromatic rings. The molecule has 0 radical (unpaired) electrons. The van der Waals surface area contributed by atoms with Gasteiger partial charge < -0.3 is 10.4 Å². The molecule has 0 saturated heterocycles. The Morgan fingerprint density at radius 3 is 2.43 bits per heavy atom. The molecule has 2 aromatic carbocycles. The molecule has 0 heterocycles. The van der Waals surface area contributed by atoms with E-state index in [0.29, 0.717) is 5.69 Å². The Bertz CT molecular complexity index is 712. The molecule has 5 nitrogen and oxygen atoms in total. The lowest BCUT2D eigenvalue weighted by molar-refractivity contribution is 0.475. The first-order chi connectivity index (χ1) is 9.90. The van der Waals surface area contributed by atoms with Crippen molar-refractivity contribution in [3.05, 3.63) is 54.1 Å². The maximum atomic E-state index is 11.4. The topological polar surface area (TPSA) is 92.4 Å². The molecule has 0 aliphatic rings. The molecule has 6 heteroatoms. The third-order valence-corrected chi connectivity index (χ3v) is 4.12. The van der Waals surface area contributed by atoms with E-state index in [-0.39, 0.29) is 16.7 Å². The summed E-state index contributed by atoms with van der Waals surface area (Å²) in [5.74, 6) is 0.213. The minimum atomic E-state index is -3.71. The molecule has 1 unspecified atom stereocenters. The van der Waals surface area contributed by atoms with Gasteiger partial charge in [-0.1, -0.05) is 25.1 Å². The van der Waals surface area contributed by atoms with Gasteiger partial charge in [-0.15, -0.1) is 0 Å². The molecular weight excluding hydrogens is 288 g/mol. The van der Waals surface area contributed by atoms with Gasteiger partial charge in [0, 0.05) is 5.69 Å². The highest BCUT2D eigenvalue weighted by atomic mass is 32.2. The SMILES string of the molecule is CCC(Nc1cccc(S(N)(=O)=O)c1)c1ccc(O)cc1. The van der Waals surface area contributed by atoms with Crippen LogP contribution in [0.4, 0.5) is 5.69 Å². The molecule has 1 atom stereocenters. The number of rotatable bonds is 5. The van der Waals surface area contributed by atoms with Crippen LogP contribution in [0.15, 0.2) is 53.4 Å². The summed E-state index contributed by atoms with van der Waals surface area (Å²) in [5, 5.41) is 17.7. The molecular formula is C15H18N2O3S. The zero-order chi connectivity index (χ0) is 15.5. The maximum Gasteiger partial charge on any atom is 0.238 e. The standard InChI is InChI=1S/C15H18N2O3S/c1-2-15(11-6-8-13(18)9-7-11)17-12-4-3-5-14(10-12)21(16,19)20/h3-10,15,17-18H,2H2,1H3,(H2,16,19,20). The molecule has 112 valence electrons. The van der Waals surface area contributed by atoms with Gasteiger partial charge in [0.25, 0.3) is 0 Å². The zero-order valence-corrected chi connectivity index (χ0v) is 12.5. The van der Waals surface area contributed by atoms with Crippen LogP contribution >= 0.6 is 0 Å². The molecule has 0 spiro atoms. The first-order valence-corrected chi connectivity index (χ1v) is 8.13. The zero-order valence-electron chi connectivity index (χ0n) is 11.7. The highest BCUT2D eigenvalue weighted by Gasteiger charge is 2.12. The van der Waals surface area contributed by atoms with E-state index in [4.69, 9.17) is 5.14 Å². The van der Waals surface area contributed by atoms with Gasteiger partial charge in [0.2, 0.25) is 10.0 Å². The first-order valence-electron chi connectivity index (χ1n) is 6.58. The number of aromatic hydroxyl groups is 1. The van der Waals surface area contributed by atoms with Crippen molar-refractivity contribution in [1.29, 1.82) is 0 Å². The van der Waals surface area contributed by atoms with E-state index in [1.807, 2.05) is 19.1 Å². The van der Waals surface area contributed by atoms with E-state index in [9.17, 15) is 13.5 Å². The quantitative estimate of drug-likeness (QED) is 0.791. The lowest BCUT2D eigenvalue weighted by atomic mass is 10.0. The number of phenols is 1. The normalized spacial score (nSPS) is 12.9. The van der Waals surface area contributed by atoms with Crippen molar-refractivity contribution in [3.8, 4) is 5.75 Å². The highest BCUT2D eigenvalue weighted by molar-refractivity contribution is 7.89. The van der Waals surface area contributed by atoms with Gasteiger partial charge in [0.1, 0.15) is 5.75 Å². The lowest BCUT2D eigenvalue weighted by Crippen LogP contribution is -2.13. The lowest BCUT2D eigenvalue weighted by Gasteiger charge is -2.19. The highest BCUT2D eigenvalue weighted by Crippen LogP contribution is 2.25. The number of benzene rings is 2. The Kier molecular flexibility index (Phi) is 4.50. The number of sulfonamides is 1. The predicted molar refractivity (Wildman–Crippen MR) is 82.6 cm³/mol. The van der Waals surface area contributed by atoms with E-state index in [2.05, 4.69) is 5.32 Å². The number of hydrogen-bond acceptors (Lipinski definition) is 4. The van der Waals surface area contributed by atoms with Crippen molar-refractivity contribution in [2.75, 3.05) is 5.32 Å². The van der Waals surface area contributed by atoms with E-state index in [1.165, 1.54) is 12.1 Å². The number of hydrogen-bond donors (Lipinski definition) is 3. The summed E-state index contributed by atoms with van der Waals surface area (Å²) in [6.45, 7) is 2.02. The number of nitrogens with one attached hydrogen (secondary N) is 1. The second-order valence-corrected chi connectivity index (χ2v) is 6.33. The van der Waals surface area contributed by atoms with E-state index in [1.54, 1.807) is 24.3 Å². The van der Waals surface area contributed by atoms with Crippen molar-refractivity contribution in [1.82, 2.24) is 0 Å². The Hall–Kier alpha value is -2.05. The predicted octanol–water partition coefficient (Wildman–Crippen LogP) is 2.60. The molecule has 0 aliphatic heterocycles. The van der Waals surface area contributed by atoms with Crippen LogP contribution < -0.4 is 10.5 Å². The minimum Gasteiger partial charge on any atom is -0.508 e. The smallest absolute Gasteiger partial charge is 0.238 e. The van der Waals surface area contributed by atoms with Crippen molar-refractivity contribution in [2.24, 2.45) is 5.14 Å². The summed E-state index contributed by atoms with van der Waals surface area (Å²) >= 11 is 0. The summed E-state index contributed by atoms with van der Waals surface area (Å²) in [6, 6.07) is 13.3. The Labute approximate surface area is 124 Å². The van der Waals surface area contributed by atoms with Crippen molar-refractivity contribution in [2.45, 2.75) is 24.3 Å². The average Bonchev–Trinajstić information content (AvgIpc) is 2.45. The van der Waals surface area contributed by atoms with Gasteiger partial charge in [-0.3, -0.25) is 0 Å². The fourth-order valence-electron chi connectivity index (χ4n) is 2.09. The molecule has 0 saturated carbocycles. The number of primary sulfonamides is 1. The van der Waals surface area contributed by atoms with Crippen molar-refractivity contribution < 1.29 is 13.5 Å². The van der Waals surface area contributed by atoms with Crippen molar-refractivity contribution >= 4 is 15.7 Å². The molecule has 2 rings (SSSR count). The van der Waals surface area contributed by atoms with E-state index < -0.39 is 10.0 Å². The fourth-order valence-corrected chi connectivity index (χ4v) is 2.65. The third kappa shape index (κ3) is 3.96. The number of anilines is 1. The van der Waals surface area contributed by atoms with E-state index >= 15 is 0 Å². The van der Waals surface area contributed by atoms with Crippen LogP contribution in [0.1, 0.15) is 24.9 Å². The summed E-state index contributed by atoms with van der Waals surface area (Å²) in [6.07, 6.45) is 0.810. The van der Waals surface area contributed by atoms with Crippen LogP contribution in [0.5, 0.6) is 5.75 Å². The largest absolute Gasteiger partial charge is 0.508 e. The monoisotopic (exact) mass is 306 g/mol. The molecule has 0 amide bonds. The van der Waals surface area contributed by atoms with Gasteiger partial charge in [0.15, 0.2) is 0 Å². The first kappa shape index (κ1) is 15.3. The third-order valence-electron chi connectivity index (χ3n) is 3.21. The Morgan fingerprint density at radius 1 is 1.19 bits per heavy atom. The molecule has 21 heavy (non-hydrogen) atoms. The fraction of sp³-hybridized carbons (Fsp3) is 0.200. The van der Waals surface area contributed by atoms with Gasteiger partial charge in [-0.25, -0.2) is 13.6 Å². The van der Waals surface area contributed by atoms with Crippen LogP contribution in [0.3, 0.4) is 0 Å². The summed E-state index contributed by atoms with van der Waals surface area (Å²) in [7, 11) is -3.71. The van der Waals surface area contributed by atoms with Crippen LogP contribution in [0.2, 0.25) is 0 Å². The molecule has 0 bridgehead atoms. The van der Waals surface area contributed by atoms with Gasteiger partial charge >= 0.3 is 0 Å². The molecule has 0 fully saturated rings. The number of phenolic OH excluding ortho intramolecular Hbond substituents is 1. The number of nitrogens with two attached hydrogens (primary N) is 1. The second-order valence-electron chi connectivity index (χ2n) is 4.77. The molecule has 4 N–H and O–H groups in total. The van der Waals surface area contributed by atoms with Crippen molar-refractivity contribution in [3.63, 3.8) is 0 Å². The van der Waals surface area contributed by atoms with Crippen LogP contribution in [-0.2, 0) is 10.0 Å². The van der Waals surface area contributed by atoms with Gasteiger partial charge in [0.05, 0.1) is 10.9 Å². The van der Waals surface area contributed by atoms with Crippen LogP contribution in [-0.4, -0.2) is 13.5 Å². The summed E-state index contributed by atoms with van der Waals surface area (Å²) in [4.78, 5) is 0.0769. The van der Waals surface area contributed by atoms with Gasteiger partial charge in [-0.2, -0.15) is 0 Å². The Balaban J connectivity index is 2.25. The maximum absolute atomic E-state index is 11.4. The van der Waals surface area contributed by atoms with E-state index in [0.717, 1.165) is 12.0 Å². The summed E-state index contributed by atoms with van der Waals surface area (Å²) < 4.78 is 22.7. The summed E-state index contributed by atoms with van der Waals surface area (Å²) in [5.41, 5.74) is 1.69. The molecule has 0 aliphatic carbocycles.